The van der Waals surface area contributed by atoms with Gasteiger partial charge in [0.05, 0.1) is 6.07 Å². The molecule has 2 aromatic rings. The van der Waals surface area contributed by atoms with Gasteiger partial charge in [-0.3, -0.25) is 4.79 Å². The van der Waals surface area contributed by atoms with Gasteiger partial charge >= 0.3 is 0 Å². The number of carbonyl (C=O) groups excluding carboxylic acids is 1. The van der Waals surface area contributed by atoms with Crippen molar-refractivity contribution in [2.24, 2.45) is 5.73 Å². The lowest BCUT2D eigenvalue weighted by atomic mass is 10.1. The molecular weight excluding hydrogens is 224 g/mol. The van der Waals surface area contributed by atoms with E-state index < -0.39 is 6.04 Å². The van der Waals surface area contributed by atoms with Crippen LogP contribution in [0.4, 0.5) is 0 Å². The third-order valence-electron chi connectivity index (χ3n) is 2.23. The minimum Gasteiger partial charge on any atom is -0.312 e. The Balaban J connectivity index is 0.000000184. The van der Waals surface area contributed by atoms with Crippen molar-refractivity contribution < 1.29 is 4.79 Å². The van der Waals surface area contributed by atoms with E-state index in [0.717, 1.165) is 17.4 Å². The quantitative estimate of drug-likeness (QED) is 0.818. The molecule has 1 unspecified atom stereocenters. The Hall–Kier alpha value is -2.44. The third kappa shape index (κ3) is 4.60. The van der Waals surface area contributed by atoms with Crippen molar-refractivity contribution in [1.29, 1.82) is 5.26 Å². The number of nitrogens with zero attached hydrogens (tertiary/aromatic N) is 1. The maximum atomic E-state index is 10.0. The molecule has 0 aromatic heterocycles. The first-order valence-corrected chi connectivity index (χ1v) is 5.48. The summed E-state index contributed by atoms with van der Waals surface area (Å²) >= 11 is 0. The molecule has 0 aliphatic rings. The molecule has 2 aromatic carbocycles. The van der Waals surface area contributed by atoms with Crippen LogP contribution in [0.5, 0.6) is 0 Å². The Morgan fingerprint density at radius 2 is 1.50 bits per heavy atom. The van der Waals surface area contributed by atoms with E-state index in [1.54, 1.807) is 12.1 Å². The fourth-order valence-electron chi connectivity index (χ4n) is 1.27. The minimum atomic E-state index is -0.485. The average molecular weight is 238 g/mol. The van der Waals surface area contributed by atoms with Gasteiger partial charge in [0.25, 0.3) is 0 Å². The molecule has 0 radical (unpaired) electrons. The van der Waals surface area contributed by atoms with Crippen LogP contribution in [0.3, 0.4) is 0 Å². The Kier molecular flexibility index (Phi) is 5.88. The van der Waals surface area contributed by atoms with E-state index in [2.05, 4.69) is 0 Å². The molecule has 2 rings (SSSR count). The Morgan fingerprint density at radius 1 is 1.00 bits per heavy atom. The standard InChI is InChI=1S/C8H8N2.C7H6O/c9-6-8(10)7-4-2-1-3-5-7;8-6-7-4-2-1-3-5-7/h1-5,8H,10H2;1-6H. The highest BCUT2D eigenvalue weighted by atomic mass is 16.1. The number of carbonyl (C=O) groups is 1. The summed E-state index contributed by atoms with van der Waals surface area (Å²) in [4.78, 5) is 10.0. The molecule has 0 bridgehead atoms. The van der Waals surface area contributed by atoms with Gasteiger partial charge in [0.1, 0.15) is 12.3 Å². The molecule has 0 aliphatic heterocycles. The zero-order valence-electron chi connectivity index (χ0n) is 9.86. The van der Waals surface area contributed by atoms with Gasteiger partial charge in [0.15, 0.2) is 0 Å². The molecule has 0 heterocycles. The largest absolute Gasteiger partial charge is 0.312 e. The van der Waals surface area contributed by atoms with E-state index in [9.17, 15) is 4.79 Å². The van der Waals surface area contributed by atoms with Crippen molar-refractivity contribution in [3.63, 3.8) is 0 Å². The Morgan fingerprint density at radius 3 is 1.89 bits per heavy atom. The average Bonchev–Trinajstić information content (AvgIpc) is 2.49. The maximum Gasteiger partial charge on any atom is 0.150 e. The molecule has 0 amide bonds. The molecule has 3 heteroatoms. The number of aldehydes is 1. The molecule has 0 saturated carbocycles. The van der Waals surface area contributed by atoms with Crippen LogP contribution in [0.1, 0.15) is 22.0 Å². The molecule has 2 N–H and O–H groups in total. The van der Waals surface area contributed by atoms with Gasteiger partial charge in [0, 0.05) is 5.56 Å². The van der Waals surface area contributed by atoms with E-state index in [4.69, 9.17) is 11.0 Å². The van der Waals surface area contributed by atoms with E-state index in [-0.39, 0.29) is 0 Å². The van der Waals surface area contributed by atoms with E-state index >= 15 is 0 Å². The fraction of sp³-hybridized carbons (Fsp3) is 0.0667. The van der Waals surface area contributed by atoms with Gasteiger partial charge in [-0.2, -0.15) is 5.26 Å². The molecule has 0 saturated heterocycles. The SMILES string of the molecule is N#CC(N)c1ccccc1.O=Cc1ccccc1. The first kappa shape index (κ1) is 13.6. The summed E-state index contributed by atoms with van der Waals surface area (Å²) < 4.78 is 0. The normalized spacial score (nSPS) is 10.4. The minimum absolute atomic E-state index is 0.485. The van der Waals surface area contributed by atoms with Crippen LogP contribution in [-0.4, -0.2) is 6.29 Å². The number of nitriles is 1. The summed E-state index contributed by atoms with van der Waals surface area (Å²) in [5, 5.41) is 8.41. The number of benzene rings is 2. The maximum absolute atomic E-state index is 10.0. The van der Waals surface area contributed by atoms with Gasteiger partial charge in [-0.05, 0) is 5.56 Å². The highest BCUT2D eigenvalue weighted by Gasteiger charge is 1.99. The van der Waals surface area contributed by atoms with Crippen LogP contribution in [0.15, 0.2) is 60.7 Å². The van der Waals surface area contributed by atoms with Crippen LogP contribution in [0.25, 0.3) is 0 Å². The van der Waals surface area contributed by atoms with Crippen LogP contribution in [0, 0.1) is 11.3 Å². The van der Waals surface area contributed by atoms with Gasteiger partial charge in [-0.25, -0.2) is 0 Å². The van der Waals surface area contributed by atoms with Gasteiger partial charge < -0.3 is 5.73 Å². The van der Waals surface area contributed by atoms with E-state index in [1.165, 1.54) is 0 Å². The number of hydrogen-bond donors (Lipinski definition) is 1. The second-order valence-corrected chi connectivity index (χ2v) is 3.55. The Bertz CT molecular complexity index is 503. The van der Waals surface area contributed by atoms with E-state index in [0.29, 0.717) is 0 Å². The second kappa shape index (κ2) is 7.77. The van der Waals surface area contributed by atoms with Crippen LogP contribution in [0.2, 0.25) is 0 Å². The topological polar surface area (TPSA) is 66.9 Å². The molecule has 3 nitrogen and oxygen atoms in total. The predicted octanol–water partition coefficient (Wildman–Crippen LogP) is 2.71. The summed E-state index contributed by atoms with van der Waals surface area (Å²) in [5.41, 5.74) is 7.03. The summed E-state index contributed by atoms with van der Waals surface area (Å²) in [6.45, 7) is 0. The fourth-order valence-corrected chi connectivity index (χ4v) is 1.27. The van der Waals surface area contributed by atoms with Crippen molar-refractivity contribution in [3.05, 3.63) is 71.8 Å². The molecule has 0 aliphatic carbocycles. The summed E-state index contributed by atoms with van der Waals surface area (Å²) in [7, 11) is 0. The molecule has 0 spiro atoms. The van der Waals surface area contributed by atoms with Crippen molar-refractivity contribution in [3.8, 4) is 6.07 Å². The molecular formula is C15H14N2O. The van der Waals surface area contributed by atoms with Crippen molar-refractivity contribution in [1.82, 2.24) is 0 Å². The smallest absolute Gasteiger partial charge is 0.150 e. The second-order valence-electron chi connectivity index (χ2n) is 3.55. The Labute approximate surface area is 106 Å². The zero-order valence-corrected chi connectivity index (χ0v) is 9.86. The number of nitrogens with two attached hydrogens (primary N) is 1. The van der Waals surface area contributed by atoms with Crippen LogP contribution >= 0.6 is 0 Å². The highest BCUT2D eigenvalue weighted by Crippen LogP contribution is 2.06. The molecule has 0 fully saturated rings. The van der Waals surface area contributed by atoms with Gasteiger partial charge in [-0.15, -0.1) is 0 Å². The number of rotatable bonds is 2. The first-order valence-electron chi connectivity index (χ1n) is 5.48. The van der Waals surface area contributed by atoms with Crippen LogP contribution in [-0.2, 0) is 0 Å². The van der Waals surface area contributed by atoms with Gasteiger partial charge in [0.2, 0.25) is 0 Å². The summed E-state index contributed by atoms with van der Waals surface area (Å²) in [6.07, 6.45) is 0.833. The van der Waals surface area contributed by atoms with Gasteiger partial charge in [-0.1, -0.05) is 60.7 Å². The highest BCUT2D eigenvalue weighted by molar-refractivity contribution is 5.74. The van der Waals surface area contributed by atoms with E-state index in [1.807, 2.05) is 54.6 Å². The third-order valence-corrected chi connectivity index (χ3v) is 2.23. The lowest BCUT2D eigenvalue weighted by Gasteiger charge is -1.99. The van der Waals surface area contributed by atoms with Crippen LogP contribution < -0.4 is 5.73 Å². The van der Waals surface area contributed by atoms with Crippen molar-refractivity contribution in [2.45, 2.75) is 6.04 Å². The monoisotopic (exact) mass is 238 g/mol. The van der Waals surface area contributed by atoms with Crippen molar-refractivity contribution in [2.75, 3.05) is 0 Å². The zero-order chi connectivity index (χ0) is 13.2. The predicted molar refractivity (Wildman–Crippen MR) is 70.8 cm³/mol. The van der Waals surface area contributed by atoms with Crippen molar-refractivity contribution >= 4 is 6.29 Å². The summed E-state index contributed by atoms with van der Waals surface area (Å²) in [5.74, 6) is 0. The number of hydrogen-bond acceptors (Lipinski definition) is 3. The molecule has 18 heavy (non-hydrogen) atoms. The first-order chi connectivity index (χ1) is 8.77. The summed E-state index contributed by atoms with van der Waals surface area (Å²) in [6, 6.07) is 19.9. The lowest BCUT2D eigenvalue weighted by molar-refractivity contribution is 0.112. The lowest BCUT2D eigenvalue weighted by Crippen LogP contribution is -2.06. The molecule has 1 atom stereocenters. The molecule has 90 valence electrons.